The van der Waals surface area contributed by atoms with Crippen LogP contribution < -0.4 is 4.90 Å². The number of anilines is 1. The number of aromatic nitrogens is 3. The van der Waals surface area contributed by atoms with Gasteiger partial charge in [-0.25, -0.2) is 14.8 Å². The van der Waals surface area contributed by atoms with E-state index in [2.05, 4.69) is 43.8 Å². The Morgan fingerprint density at radius 3 is 2.37 bits per heavy atom. The van der Waals surface area contributed by atoms with Gasteiger partial charge in [0.25, 0.3) is 0 Å². The first kappa shape index (κ1) is 26.4. The molecule has 2 aromatic heterocycles. The number of carbonyl (C=O) groups excluding carboxylic acids is 1. The number of benzene rings is 2. The predicted molar refractivity (Wildman–Crippen MR) is 157 cm³/mol. The number of urea groups is 1. The van der Waals surface area contributed by atoms with Gasteiger partial charge in [0.15, 0.2) is 8.32 Å². The van der Waals surface area contributed by atoms with Crippen LogP contribution in [0.4, 0.5) is 10.5 Å². The van der Waals surface area contributed by atoms with Gasteiger partial charge in [-0.05, 0) is 48.0 Å². The number of nitrogens with zero attached hydrogens (tertiary/aromatic N) is 5. The summed E-state index contributed by atoms with van der Waals surface area (Å²) in [6.45, 7) is 13.7. The Labute approximate surface area is 230 Å². The van der Waals surface area contributed by atoms with E-state index in [-0.39, 0.29) is 11.1 Å². The zero-order chi connectivity index (χ0) is 27.1. The molecule has 1 fully saturated rings. The molecule has 9 heteroatoms. The first-order valence-electron chi connectivity index (χ1n) is 12.9. The number of hydrogen-bond acceptors (Lipinski definition) is 4. The van der Waals surface area contributed by atoms with Crippen molar-refractivity contribution >= 4 is 42.7 Å². The van der Waals surface area contributed by atoms with Crippen molar-refractivity contribution in [3.63, 3.8) is 0 Å². The molecule has 1 aliphatic rings. The molecule has 4 aromatic rings. The van der Waals surface area contributed by atoms with Gasteiger partial charge in [-0.3, -0.25) is 4.90 Å². The maximum absolute atomic E-state index is 13.2. The lowest BCUT2D eigenvalue weighted by molar-refractivity contribution is 0.200. The van der Waals surface area contributed by atoms with E-state index in [1.807, 2.05) is 75.2 Å². The lowest BCUT2D eigenvalue weighted by atomic mass is 10.1. The zero-order valence-corrected chi connectivity index (χ0v) is 24.4. The van der Waals surface area contributed by atoms with E-state index in [0.29, 0.717) is 31.4 Å². The lowest BCUT2D eigenvalue weighted by Crippen LogP contribution is -2.43. The Morgan fingerprint density at radius 1 is 0.974 bits per heavy atom. The molecule has 0 bridgehead atoms. The fraction of sp³-hybridized carbons (Fsp3) is 0.345. The van der Waals surface area contributed by atoms with Gasteiger partial charge in [-0.15, -0.1) is 0 Å². The van der Waals surface area contributed by atoms with Gasteiger partial charge in [-0.2, -0.15) is 0 Å². The second-order valence-corrected chi connectivity index (χ2v) is 16.4. The van der Waals surface area contributed by atoms with Crippen LogP contribution in [0.25, 0.3) is 27.8 Å². The van der Waals surface area contributed by atoms with Crippen molar-refractivity contribution in [1.29, 1.82) is 0 Å². The molecule has 0 spiro atoms. The van der Waals surface area contributed by atoms with Crippen molar-refractivity contribution in [2.75, 3.05) is 31.1 Å². The molecule has 0 aliphatic carbocycles. The number of fused-ring (bicyclic) bond motifs is 1. The molecule has 0 atom stereocenters. The van der Waals surface area contributed by atoms with E-state index < -0.39 is 8.32 Å². The van der Waals surface area contributed by atoms with Crippen LogP contribution in [0.2, 0.25) is 23.3 Å². The molecule has 0 radical (unpaired) electrons. The number of hydrogen-bond donors (Lipinski definition) is 0. The number of para-hydroxylation sites is 1. The molecule has 7 nitrogen and oxygen atoms in total. The van der Waals surface area contributed by atoms with Gasteiger partial charge in [0.2, 0.25) is 0 Å². The van der Waals surface area contributed by atoms with Crippen LogP contribution in [0.1, 0.15) is 20.8 Å². The summed E-state index contributed by atoms with van der Waals surface area (Å²) in [7, 11) is -1.83. The van der Waals surface area contributed by atoms with Crippen molar-refractivity contribution in [2.45, 2.75) is 38.9 Å². The van der Waals surface area contributed by atoms with Crippen LogP contribution in [0.15, 0.2) is 67.1 Å². The Kier molecular flexibility index (Phi) is 7.06. The molecule has 198 valence electrons. The van der Waals surface area contributed by atoms with Crippen molar-refractivity contribution < 1.29 is 9.22 Å². The van der Waals surface area contributed by atoms with E-state index in [9.17, 15) is 4.79 Å². The fourth-order valence-electron chi connectivity index (χ4n) is 4.51. The largest absolute Gasteiger partial charge is 0.415 e. The molecule has 38 heavy (non-hydrogen) atoms. The van der Waals surface area contributed by atoms with Crippen molar-refractivity contribution in [3.05, 3.63) is 72.3 Å². The second-order valence-electron chi connectivity index (χ2n) is 11.2. The third kappa shape index (κ3) is 4.96. The zero-order valence-electron chi connectivity index (χ0n) is 22.6. The molecule has 0 N–H and O–H groups in total. The highest BCUT2D eigenvalue weighted by Gasteiger charge is 2.37. The van der Waals surface area contributed by atoms with E-state index >= 15 is 0 Å². The van der Waals surface area contributed by atoms with Crippen LogP contribution in [-0.4, -0.2) is 60.0 Å². The van der Waals surface area contributed by atoms with E-state index in [4.69, 9.17) is 16.0 Å². The molecule has 1 aliphatic heterocycles. The maximum atomic E-state index is 13.2. The molecular weight excluding hydrogens is 514 g/mol. The molecule has 1 saturated heterocycles. The summed E-state index contributed by atoms with van der Waals surface area (Å²) in [5.74, 6) is 0. The van der Waals surface area contributed by atoms with E-state index in [1.54, 1.807) is 0 Å². The third-order valence-corrected chi connectivity index (χ3v) is 12.6. The molecule has 2 amide bonds. The lowest BCUT2D eigenvalue weighted by Gasteiger charge is -2.36. The summed E-state index contributed by atoms with van der Waals surface area (Å²) >= 11 is 6.55. The number of amides is 2. The van der Waals surface area contributed by atoms with Gasteiger partial charge in [-0.1, -0.05) is 62.7 Å². The summed E-state index contributed by atoms with van der Waals surface area (Å²) < 4.78 is 8.32. The number of rotatable bonds is 7. The first-order chi connectivity index (χ1) is 18.1. The standard InChI is InChI=1S/C29H34ClN5O2Si/c1-29(2,3)38(4,5)37-18-17-33-15-16-34(28(33)36)23-13-11-21(12-14-23)24-19-35(22-9-7-6-8-10-22)27-25(24)26(30)31-20-32-27/h6-14,19-20H,15-18H2,1-5H3. The smallest absolute Gasteiger partial charge is 0.324 e. The van der Waals surface area contributed by atoms with Gasteiger partial charge < -0.3 is 13.9 Å². The Morgan fingerprint density at radius 2 is 1.68 bits per heavy atom. The molecule has 3 heterocycles. The highest BCUT2D eigenvalue weighted by Crippen LogP contribution is 2.37. The Balaban J connectivity index is 1.34. The average Bonchev–Trinajstić information content (AvgIpc) is 3.46. The van der Waals surface area contributed by atoms with Crippen molar-refractivity contribution in [2.24, 2.45) is 0 Å². The summed E-state index contributed by atoms with van der Waals surface area (Å²) in [6.07, 6.45) is 3.53. The second kappa shape index (κ2) is 10.2. The molecule has 2 aromatic carbocycles. The Hall–Kier alpha value is -3.20. The third-order valence-electron chi connectivity index (χ3n) is 7.79. The predicted octanol–water partition coefficient (Wildman–Crippen LogP) is 7.00. The van der Waals surface area contributed by atoms with Crippen LogP contribution in [0.3, 0.4) is 0 Å². The molecule has 0 saturated carbocycles. The summed E-state index contributed by atoms with van der Waals surface area (Å²) in [6, 6.07) is 18.1. The van der Waals surface area contributed by atoms with Gasteiger partial charge in [0, 0.05) is 42.8 Å². The quantitative estimate of drug-likeness (QED) is 0.184. The van der Waals surface area contributed by atoms with Crippen LogP contribution in [-0.2, 0) is 4.43 Å². The first-order valence-corrected chi connectivity index (χ1v) is 16.2. The number of carbonyl (C=O) groups is 1. The summed E-state index contributed by atoms with van der Waals surface area (Å²) in [4.78, 5) is 25.6. The Bertz CT molecular complexity index is 1450. The summed E-state index contributed by atoms with van der Waals surface area (Å²) in [5, 5.41) is 1.37. The van der Waals surface area contributed by atoms with Gasteiger partial charge in [0.1, 0.15) is 17.1 Å². The molecule has 0 unspecified atom stereocenters. The average molecular weight is 548 g/mol. The number of halogens is 1. The van der Waals surface area contributed by atoms with Crippen LogP contribution in [0, 0.1) is 0 Å². The summed E-state index contributed by atoms with van der Waals surface area (Å²) in [5.41, 5.74) is 4.55. The normalized spacial score (nSPS) is 14.6. The monoisotopic (exact) mass is 547 g/mol. The molecular formula is C29H34ClN5O2Si. The minimum atomic E-state index is -1.83. The van der Waals surface area contributed by atoms with E-state index in [0.717, 1.165) is 33.5 Å². The van der Waals surface area contributed by atoms with Crippen LogP contribution in [0.5, 0.6) is 0 Å². The minimum absolute atomic E-state index is 0.0220. The highest BCUT2D eigenvalue weighted by molar-refractivity contribution is 6.74. The minimum Gasteiger partial charge on any atom is -0.415 e. The fourth-order valence-corrected chi connectivity index (χ4v) is 5.77. The highest BCUT2D eigenvalue weighted by atomic mass is 35.5. The SMILES string of the molecule is CC(C)(C)[Si](C)(C)OCCN1CCN(c2ccc(-c3cn(-c4ccccc4)c4ncnc(Cl)c34)cc2)C1=O. The topological polar surface area (TPSA) is 63.5 Å². The van der Waals surface area contributed by atoms with E-state index in [1.165, 1.54) is 6.33 Å². The molecule has 5 rings (SSSR count). The van der Waals surface area contributed by atoms with Gasteiger partial charge in [0.05, 0.1) is 12.0 Å². The van der Waals surface area contributed by atoms with Gasteiger partial charge >= 0.3 is 6.03 Å². The van der Waals surface area contributed by atoms with Crippen LogP contribution >= 0.6 is 11.6 Å². The maximum Gasteiger partial charge on any atom is 0.324 e. The van der Waals surface area contributed by atoms with Crippen molar-refractivity contribution in [3.8, 4) is 16.8 Å². The van der Waals surface area contributed by atoms with Crippen molar-refractivity contribution in [1.82, 2.24) is 19.4 Å².